The summed E-state index contributed by atoms with van der Waals surface area (Å²) >= 11 is 0. The Morgan fingerprint density at radius 3 is 1.74 bits per heavy atom. The van der Waals surface area contributed by atoms with Gasteiger partial charge in [-0.2, -0.15) is 0 Å². The Labute approximate surface area is 209 Å². The van der Waals surface area contributed by atoms with Crippen LogP contribution < -0.4 is 0 Å². The molecule has 184 valence electrons. The molecule has 3 aromatic carbocycles. The van der Waals surface area contributed by atoms with Crippen molar-refractivity contribution in [1.82, 2.24) is 4.90 Å². The van der Waals surface area contributed by atoms with Crippen LogP contribution in [0, 0.1) is 0 Å². The van der Waals surface area contributed by atoms with Gasteiger partial charge in [0.2, 0.25) is 0 Å². The molecule has 2 heterocycles. The Morgan fingerprint density at radius 1 is 0.657 bits per heavy atom. The molecule has 0 spiro atoms. The second kappa shape index (κ2) is 12.0. The maximum atomic E-state index is 6.70. The summed E-state index contributed by atoms with van der Waals surface area (Å²) in [4.78, 5) is 2.65. The number of nitrogens with zero attached hydrogens (tertiary/aromatic N) is 1. The van der Waals surface area contributed by atoms with Crippen molar-refractivity contribution in [2.45, 2.75) is 76.3 Å². The van der Waals surface area contributed by atoms with E-state index in [4.69, 9.17) is 14.2 Å². The van der Waals surface area contributed by atoms with Gasteiger partial charge in [-0.15, -0.1) is 0 Å². The number of hydrogen-bond donors (Lipinski definition) is 0. The number of benzene rings is 3. The highest BCUT2D eigenvalue weighted by Crippen LogP contribution is 2.39. The number of hydrogen-bond acceptors (Lipinski definition) is 4. The van der Waals surface area contributed by atoms with Crippen LogP contribution in [-0.4, -0.2) is 41.8 Å². The summed E-state index contributed by atoms with van der Waals surface area (Å²) < 4.78 is 19.7. The highest BCUT2D eigenvalue weighted by molar-refractivity contribution is 5.16. The third-order valence-corrected chi connectivity index (χ3v) is 7.45. The molecular formula is C31H37NO3. The molecule has 0 bridgehead atoms. The van der Waals surface area contributed by atoms with Gasteiger partial charge in [0, 0.05) is 12.1 Å². The van der Waals surface area contributed by atoms with Crippen molar-refractivity contribution >= 4 is 0 Å². The third kappa shape index (κ3) is 6.02. The lowest BCUT2D eigenvalue weighted by atomic mass is 9.96. The second-order valence-electron chi connectivity index (χ2n) is 9.88. The van der Waals surface area contributed by atoms with E-state index in [1.54, 1.807) is 0 Å². The molecular weight excluding hydrogens is 434 g/mol. The number of piperidine rings is 1. The summed E-state index contributed by atoms with van der Waals surface area (Å²) in [5.41, 5.74) is 3.59. The molecule has 0 saturated carbocycles. The molecule has 0 aromatic heterocycles. The summed E-state index contributed by atoms with van der Waals surface area (Å²) in [5, 5.41) is 0. The second-order valence-corrected chi connectivity index (χ2v) is 9.88. The van der Waals surface area contributed by atoms with Crippen molar-refractivity contribution in [2.75, 3.05) is 6.61 Å². The first-order chi connectivity index (χ1) is 17.3. The number of rotatable bonds is 10. The van der Waals surface area contributed by atoms with E-state index in [1.165, 1.54) is 29.5 Å². The Balaban J connectivity index is 1.35. The molecule has 2 aliphatic heterocycles. The first-order valence-electron chi connectivity index (χ1n) is 13.0. The van der Waals surface area contributed by atoms with Gasteiger partial charge in [0.05, 0.1) is 32.5 Å². The fourth-order valence-electron chi connectivity index (χ4n) is 5.76. The number of ether oxygens (including phenoxy) is 3. The Bertz CT molecular complexity index is 1010. The Kier molecular flexibility index (Phi) is 8.27. The summed E-state index contributed by atoms with van der Waals surface area (Å²) in [5.74, 6) is 0. The van der Waals surface area contributed by atoms with Crippen molar-refractivity contribution in [3.63, 3.8) is 0 Å². The zero-order valence-electron chi connectivity index (χ0n) is 20.7. The van der Waals surface area contributed by atoms with Gasteiger partial charge < -0.3 is 14.2 Å². The summed E-state index contributed by atoms with van der Waals surface area (Å²) in [6.07, 6.45) is 3.57. The molecule has 35 heavy (non-hydrogen) atoms. The summed E-state index contributed by atoms with van der Waals surface area (Å²) in [7, 11) is 0. The van der Waals surface area contributed by atoms with Crippen LogP contribution >= 0.6 is 0 Å². The van der Waals surface area contributed by atoms with Gasteiger partial charge in [-0.05, 0) is 36.5 Å². The van der Waals surface area contributed by atoms with Crippen molar-refractivity contribution in [2.24, 2.45) is 0 Å². The van der Waals surface area contributed by atoms with Gasteiger partial charge in [0.1, 0.15) is 12.2 Å². The van der Waals surface area contributed by atoms with Crippen LogP contribution in [-0.2, 0) is 34.0 Å². The minimum atomic E-state index is -0.0414. The maximum absolute atomic E-state index is 6.70. The van der Waals surface area contributed by atoms with Gasteiger partial charge >= 0.3 is 0 Å². The van der Waals surface area contributed by atoms with Crippen molar-refractivity contribution < 1.29 is 14.2 Å². The van der Waals surface area contributed by atoms with Gasteiger partial charge in [0.25, 0.3) is 0 Å². The largest absolute Gasteiger partial charge is 0.375 e. The molecule has 2 fully saturated rings. The van der Waals surface area contributed by atoms with E-state index in [1.807, 2.05) is 12.1 Å². The Morgan fingerprint density at radius 2 is 1.17 bits per heavy atom. The molecule has 2 saturated heterocycles. The van der Waals surface area contributed by atoms with E-state index in [2.05, 4.69) is 90.7 Å². The lowest BCUT2D eigenvalue weighted by Crippen LogP contribution is -2.49. The van der Waals surface area contributed by atoms with Crippen LogP contribution in [0.3, 0.4) is 0 Å². The predicted molar refractivity (Wildman–Crippen MR) is 139 cm³/mol. The molecule has 0 radical (unpaired) electrons. The fourth-order valence-corrected chi connectivity index (χ4v) is 5.76. The molecule has 0 amide bonds. The molecule has 2 aliphatic rings. The van der Waals surface area contributed by atoms with E-state index in [9.17, 15) is 0 Å². The fraction of sp³-hybridized carbons (Fsp3) is 0.419. The van der Waals surface area contributed by atoms with E-state index in [0.29, 0.717) is 38.5 Å². The molecule has 4 nitrogen and oxygen atoms in total. The van der Waals surface area contributed by atoms with Crippen LogP contribution in [0.2, 0.25) is 0 Å². The van der Waals surface area contributed by atoms with Crippen molar-refractivity contribution in [3.05, 3.63) is 108 Å². The molecule has 3 aromatic rings. The molecule has 5 atom stereocenters. The van der Waals surface area contributed by atoms with Crippen LogP contribution in [0.4, 0.5) is 0 Å². The molecule has 4 heteroatoms. The van der Waals surface area contributed by atoms with Crippen LogP contribution in [0.15, 0.2) is 91.0 Å². The Hall–Kier alpha value is -2.50. The SMILES string of the molecule is C[C@@H]1CCC[C@@H]2[C@@H](OCc3ccccc3)[C@H](OCc3ccccc3)[C@@H](COCc3ccccc3)N12. The van der Waals surface area contributed by atoms with Crippen LogP contribution in [0.25, 0.3) is 0 Å². The zero-order valence-corrected chi connectivity index (χ0v) is 20.7. The number of fused-ring (bicyclic) bond motifs is 1. The highest BCUT2D eigenvalue weighted by Gasteiger charge is 2.52. The van der Waals surface area contributed by atoms with Crippen molar-refractivity contribution in [1.29, 1.82) is 0 Å². The molecule has 0 N–H and O–H groups in total. The van der Waals surface area contributed by atoms with E-state index < -0.39 is 0 Å². The topological polar surface area (TPSA) is 30.9 Å². The third-order valence-electron chi connectivity index (χ3n) is 7.45. The summed E-state index contributed by atoms with van der Waals surface area (Å²) in [6, 6.07) is 32.4. The van der Waals surface area contributed by atoms with Gasteiger partial charge in [-0.1, -0.05) is 97.4 Å². The van der Waals surface area contributed by atoms with Crippen LogP contribution in [0.1, 0.15) is 42.9 Å². The molecule has 5 rings (SSSR count). The van der Waals surface area contributed by atoms with Gasteiger partial charge in [-0.25, -0.2) is 0 Å². The van der Waals surface area contributed by atoms with E-state index in [0.717, 1.165) is 6.42 Å². The van der Waals surface area contributed by atoms with E-state index >= 15 is 0 Å². The minimum Gasteiger partial charge on any atom is -0.375 e. The average Bonchev–Trinajstić information content (AvgIpc) is 3.21. The van der Waals surface area contributed by atoms with Crippen LogP contribution in [0.5, 0.6) is 0 Å². The lowest BCUT2D eigenvalue weighted by molar-refractivity contribution is -0.0865. The quantitative estimate of drug-likeness (QED) is 0.363. The molecule has 0 aliphatic carbocycles. The minimum absolute atomic E-state index is 0.0204. The summed E-state index contributed by atoms with van der Waals surface area (Å²) in [6.45, 7) is 4.80. The average molecular weight is 472 g/mol. The zero-order chi connectivity index (χ0) is 23.9. The van der Waals surface area contributed by atoms with Gasteiger partial charge in [0.15, 0.2) is 0 Å². The van der Waals surface area contributed by atoms with Gasteiger partial charge in [-0.3, -0.25) is 4.90 Å². The lowest BCUT2D eigenvalue weighted by Gasteiger charge is -2.40. The highest BCUT2D eigenvalue weighted by atomic mass is 16.5. The first kappa shape index (κ1) is 24.2. The maximum Gasteiger partial charge on any atom is 0.103 e. The smallest absolute Gasteiger partial charge is 0.103 e. The predicted octanol–water partition coefficient (Wildman–Crippen LogP) is 6.00. The normalized spacial score (nSPS) is 26.5. The van der Waals surface area contributed by atoms with E-state index in [-0.39, 0.29) is 18.2 Å². The van der Waals surface area contributed by atoms with Crippen molar-refractivity contribution in [3.8, 4) is 0 Å². The monoisotopic (exact) mass is 471 g/mol. The first-order valence-corrected chi connectivity index (χ1v) is 13.0. The standard InChI is InChI=1S/C31H37NO3/c1-24-12-11-19-28-30(34-21-26-15-7-3-8-16-26)31(35-22-27-17-9-4-10-18-27)29(32(24)28)23-33-20-25-13-5-2-6-14-25/h2-10,13-18,24,28-31H,11-12,19-23H2,1H3/t24-,28-,29-,30-,31-/m1/s1. The molecule has 0 unspecified atom stereocenters.